The molecule has 6 nitrogen and oxygen atoms in total. The average Bonchev–Trinajstić information content (AvgIpc) is 2.50. The number of amides is 1. The van der Waals surface area contributed by atoms with E-state index in [-0.39, 0.29) is 13.0 Å². The van der Waals surface area contributed by atoms with Gasteiger partial charge in [0.1, 0.15) is 11.7 Å². The lowest BCUT2D eigenvalue weighted by atomic mass is 10.00. The zero-order valence-electron chi connectivity index (χ0n) is 15.0. The lowest BCUT2D eigenvalue weighted by Crippen LogP contribution is -2.34. The van der Waals surface area contributed by atoms with E-state index in [9.17, 15) is 15.0 Å². The molecular formula is C18H30N2O4. The molecule has 24 heavy (non-hydrogen) atoms. The highest BCUT2D eigenvalue weighted by molar-refractivity contribution is 5.67. The van der Waals surface area contributed by atoms with E-state index in [0.717, 1.165) is 12.1 Å². The van der Waals surface area contributed by atoms with Gasteiger partial charge in [-0.25, -0.2) is 4.79 Å². The van der Waals surface area contributed by atoms with Crippen molar-refractivity contribution >= 4 is 6.09 Å². The van der Waals surface area contributed by atoms with Crippen molar-refractivity contribution in [1.29, 1.82) is 0 Å². The number of nitrogens with one attached hydrogen (secondary N) is 2. The van der Waals surface area contributed by atoms with E-state index >= 15 is 0 Å². The van der Waals surface area contributed by atoms with Crippen molar-refractivity contribution in [2.24, 2.45) is 0 Å². The van der Waals surface area contributed by atoms with Gasteiger partial charge in [0.15, 0.2) is 0 Å². The summed E-state index contributed by atoms with van der Waals surface area (Å²) < 4.78 is 5.12. The topological polar surface area (TPSA) is 90.8 Å². The fourth-order valence-electron chi connectivity index (χ4n) is 2.17. The monoisotopic (exact) mass is 338 g/mol. The number of benzene rings is 1. The molecule has 0 saturated heterocycles. The predicted molar refractivity (Wildman–Crippen MR) is 93.6 cm³/mol. The van der Waals surface area contributed by atoms with Crippen molar-refractivity contribution in [3.05, 3.63) is 35.4 Å². The Kier molecular flexibility index (Phi) is 8.18. The second kappa shape index (κ2) is 9.61. The van der Waals surface area contributed by atoms with Gasteiger partial charge in [-0.3, -0.25) is 0 Å². The molecule has 0 aromatic heterocycles. The Morgan fingerprint density at radius 2 is 2.00 bits per heavy atom. The number of aliphatic hydroxyl groups excluding tert-OH is 2. The third kappa shape index (κ3) is 7.77. The maximum absolute atomic E-state index is 11.5. The Bertz CT molecular complexity index is 514. The molecule has 0 fully saturated rings. The van der Waals surface area contributed by atoms with Gasteiger partial charge in [-0.05, 0) is 44.9 Å². The Labute approximate surface area is 144 Å². The van der Waals surface area contributed by atoms with Crippen molar-refractivity contribution in [3.63, 3.8) is 0 Å². The van der Waals surface area contributed by atoms with Gasteiger partial charge >= 0.3 is 6.09 Å². The van der Waals surface area contributed by atoms with Crippen LogP contribution in [0.2, 0.25) is 0 Å². The second-order valence-electron chi connectivity index (χ2n) is 6.75. The van der Waals surface area contributed by atoms with E-state index < -0.39 is 23.9 Å². The number of carbonyl (C=O) groups excluding carboxylic acids is 1. The summed E-state index contributed by atoms with van der Waals surface area (Å²) in [6, 6.07) is 7.48. The molecule has 0 aliphatic carbocycles. The number of ether oxygens (including phenoxy) is 1. The van der Waals surface area contributed by atoms with Gasteiger partial charge in [0, 0.05) is 13.1 Å². The lowest BCUT2D eigenvalue weighted by Gasteiger charge is -2.21. The van der Waals surface area contributed by atoms with Crippen LogP contribution in [0.3, 0.4) is 0 Å². The van der Waals surface area contributed by atoms with Gasteiger partial charge in [0.25, 0.3) is 0 Å². The van der Waals surface area contributed by atoms with Crippen molar-refractivity contribution in [1.82, 2.24) is 10.6 Å². The van der Waals surface area contributed by atoms with Crippen LogP contribution in [0, 0.1) is 0 Å². The number of aliphatic hydroxyl groups is 2. The molecule has 0 heterocycles. The molecule has 1 aromatic carbocycles. The zero-order valence-corrected chi connectivity index (χ0v) is 15.0. The first-order chi connectivity index (χ1) is 11.2. The second-order valence-corrected chi connectivity index (χ2v) is 6.75. The minimum atomic E-state index is -0.994. The standard InChI is InChI=1S/C18H30N2O4/c1-5-19-12-13-7-6-8-14(11-13)16(22)15(21)9-10-20-17(23)24-18(2,3)4/h6-8,11,15-16,19,21-22H,5,9-10,12H2,1-4H3,(H,20,23). The molecule has 0 aliphatic heterocycles. The van der Waals surface area contributed by atoms with E-state index in [1.165, 1.54) is 0 Å². The van der Waals surface area contributed by atoms with Gasteiger partial charge in [0.05, 0.1) is 6.10 Å². The highest BCUT2D eigenvalue weighted by Gasteiger charge is 2.20. The molecule has 6 heteroatoms. The van der Waals surface area contributed by atoms with Gasteiger partial charge in [-0.15, -0.1) is 0 Å². The first-order valence-electron chi connectivity index (χ1n) is 8.35. The van der Waals surface area contributed by atoms with E-state index in [1.807, 2.05) is 25.1 Å². The van der Waals surface area contributed by atoms with Gasteiger partial charge < -0.3 is 25.6 Å². The summed E-state index contributed by atoms with van der Waals surface area (Å²) in [5, 5.41) is 26.2. The summed E-state index contributed by atoms with van der Waals surface area (Å²) in [5.74, 6) is 0. The van der Waals surface area contributed by atoms with E-state index in [0.29, 0.717) is 12.1 Å². The molecule has 0 aliphatic rings. The SMILES string of the molecule is CCNCc1cccc(C(O)C(O)CCNC(=O)OC(C)(C)C)c1. The van der Waals surface area contributed by atoms with Gasteiger partial charge in [0.2, 0.25) is 0 Å². The molecule has 0 bridgehead atoms. The van der Waals surface area contributed by atoms with Crippen LogP contribution in [-0.4, -0.2) is 41.1 Å². The minimum Gasteiger partial charge on any atom is -0.444 e. The van der Waals surface area contributed by atoms with Crippen LogP contribution in [0.5, 0.6) is 0 Å². The molecule has 4 N–H and O–H groups in total. The molecule has 1 rings (SSSR count). The van der Waals surface area contributed by atoms with Crippen LogP contribution in [0.1, 0.15) is 51.3 Å². The fraction of sp³-hybridized carbons (Fsp3) is 0.611. The summed E-state index contributed by atoms with van der Waals surface area (Å²) in [7, 11) is 0. The summed E-state index contributed by atoms with van der Waals surface area (Å²) in [4.78, 5) is 11.5. The van der Waals surface area contributed by atoms with Gasteiger partial charge in [-0.2, -0.15) is 0 Å². The largest absolute Gasteiger partial charge is 0.444 e. The molecule has 2 unspecified atom stereocenters. The highest BCUT2D eigenvalue weighted by atomic mass is 16.6. The first-order valence-corrected chi connectivity index (χ1v) is 8.35. The van der Waals surface area contributed by atoms with E-state index in [1.54, 1.807) is 26.8 Å². The quantitative estimate of drug-likeness (QED) is 0.583. The molecule has 136 valence electrons. The highest BCUT2D eigenvalue weighted by Crippen LogP contribution is 2.20. The number of rotatable bonds is 8. The summed E-state index contributed by atoms with van der Waals surface area (Å²) >= 11 is 0. The molecular weight excluding hydrogens is 308 g/mol. The van der Waals surface area contributed by atoms with E-state index in [4.69, 9.17) is 4.74 Å². The molecule has 1 aromatic rings. The third-order valence-electron chi connectivity index (χ3n) is 3.34. The summed E-state index contributed by atoms with van der Waals surface area (Å²) in [6.45, 7) is 9.19. The molecule has 0 radical (unpaired) electrons. The number of hydrogen-bond acceptors (Lipinski definition) is 5. The van der Waals surface area contributed by atoms with Crippen LogP contribution in [0.25, 0.3) is 0 Å². The number of hydrogen-bond donors (Lipinski definition) is 4. The molecule has 2 atom stereocenters. The number of alkyl carbamates (subject to hydrolysis) is 1. The smallest absolute Gasteiger partial charge is 0.407 e. The Morgan fingerprint density at radius 1 is 1.29 bits per heavy atom. The van der Waals surface area contributed by atoms with Crippen molar-refractivity contribution in [2.45, 2.75) is 58.5 Å². The summed E-state index contributed by atoms with van der Waals surface area (Å²) in [6.07, 6.45) is -2.25. The third-order valence-corrected chi connectivity index (χ3v) is 3.34. The van der Waals surface area contributed by atoms with Crippen molar-refractivity contribution < 1.29 is 19.7 Å². The van der Waals surface area contributed by atoms with E-state index in [2.05, 4.69) is 10.6 Å². The Balaban J connectivity index is 2.47. The average molecular weight is 338 g/mol. The van der Waals surface area contributed by atoms with Gasteiger partial charge in [-0.1, -0.05) is 31.2 Å². The Morgan fingerprint density at radius 3 is 2.62 bits per heavy atom. The molecule has 0 spiro atoms. The van der Waals surface area contributed by atoms with Crippen LogP contribution in [0.15, 0.2) is 24.3 Å². The van der Waals surface area contributed by atoms with Crippen LogP contribution in [-0.2, 0) is 11.3 Å². The lowest BCUT2D eigenvalue weighted by molar-refractivity contribution is 0.0123. The fourth-order valence-corrected chi connectivity index (χ4v) is 2.17. The summed E-state index contributed by atoms with van der Waals surface area (Å²) in [5.41, 5.74) is 1.15. The Hall–Kier alpha value is -1.63. The first kappa shape index (κ1) is 20.4. The van der Waals surface area contributed by atoms with Crippen LogP contribution in [0.4, 0.5) is 4.79 Å². The van der Waals surface area contributed by atoms with Crippen molar-refractivity contribution in [3.8, 4) is 0 Å². The van der Waals surface area contributed by atoms with Crippen LogP contribution >= 0.6 is 0 Å². The van der Waals surface area contributed by atoms with Crippen LogP contribution < -0.4 is 10.6 Å². The van der Waals surface area contributed by atoms with Crippen molar-refractivity contribution in [2.75, 3.05) is 13.1 Å². The molecule has 0 saturated carbocycles. The predicted octanol–water partition coefficient (Wildman–Crippen LogP) is 2.11. The molecule has 1 amide bonds. The number of carbonyl (C=O) groups is 1. The maximum Gasteiger partial charge on any atom is 0.407 e. The minimum absolute atomic E-state index is 0.226. The maximum atomic E-state index is 11.5. The normalized spacial score (nSPS) is 14.1. The zero-order chi connectivity index (χ0) is 18.2.